The van der Waals surface area contributed by atoms with Gasteiger partial charge in [-0.1, -0.05) is 11.3 Å². The summed E-state index contributed by atoms with van der Waals surface area (Å²) in [5.74, 6) is -0.323. The van der Waals surface area contributed by atoms with Crippen molar-refractivity contribution >= 4 is 11.6 Å². The number of nitro benzene ring substituents is 1. The number of hydrogen-bond acceptors (Lipinski definition) is 6. The van der Waals surface area contributed by atoms with Gasteiger partial charge in [0.2, 0.25) is 0 Å². The largest absolute Gasteiger partial charge is 0.351 e. The molecule has 1 amide bonds. The number of aromatic nitrogens is 3. The summed E-state index contributed by atoms with van der Waals surface area (Å²) in [5, 5.41) is 21.4. The predicted molar refractivity (Wildman–Crippen MR) is 83.4 cm³/mol. The van der Waals surface area contributed by atoms with Gasteiger partial charge in [-0.15, -0.1) is 5.10 Å². The molecule has 0 fully saturated rings. The first-order valence-corrected chi connectivity index (χ1v) is 7.20. The van der Waals surface area contributed by atoms with E-state index in [9.17, 15) is 14.9 Å². The first-order chi connectivity index (χ1) is 11.0. The molecule has 0 radical (unpaired) electrons. The smallest absolute Gasteiger partial charge is 0.273 e. The number of rotatable bonds is 7. The third-order valence-corrected chi connectivity index (χ3v) is 3.31. The van der Waals surface area contributed by atoms with Crippen LogP contribution in [-0.2, 0) is 0 Å². The molecule has 9 heteroatoms. The van der Waals surface area contributed by atoms with Crippen molar-refractivity contribution in [1.29, 1.82) is 0 Å². The maximum Gasteiger partial charge on any atom is 0.273 e. The van der Waals surface area contributed by atoms with E-state index in [-0.39, 0.29) is 17.3 Å². The first kappa shape index (κ1) is 16.6. The van der Waals surface area contributed by atoms with Crippen molar-refractivity contribution in [2.45, 2.75) is 19.8 Å². The van der Waals surface area contributed by atoms with Crippen molar-refractivity contribution in [3.8, 4) is 5.69 Å². The minimum atomic E-state index is -0.485. The highest BCUT2D eigenvalue weighted by molar-refractivity contribution is 5.93. The zero-order chi connectivity index (χ0) is 16.8. The van der Waals surface area contributed by atoms with E-state index >= 15 is 0 Å². The second kappa shape index (κ2) is 7.45. The Hall–Kier alpha value is -2.81. The zero-order valence-electron chi connectivity index (χ0n) is 12.7. The average Bonchev–Trinajstić information content (AvgIpc) is 2.93. The Morgan fingerprint density at radius 1 is 1.43 bits per heavy atom. The van der Waals surface area contributed by atoms with E-state index in [1.807, 2.05) is 0 Å². The number of carbonyl (C=O) groups excluding carboxylic acids is 1. The molecule has 0 saturated carbocycles. The van der Waals surface area contributed by atoms with Gasteiger partial charge in [-0.2, -0.15) is 0 Å². The van der Waals surface area contributed by atoms with Gasteiger partial charge in [0.05, 0.1) is 16.3 Å². The number of hydrogen-bond donors (Lipinski definition) is 2. The second-order valence-electron chi connectivity index (χ2n) is 4.96. The molecule has 0 spiro atoms. The Morgan fingerprint density at radius 3 is 2.91 bits per heavy atom. The van der Waals surface area contributed by atoms with Crippen molar-refractivity contribution in [3.63, 3.8) is 0 Å². The van der Waals surface area contributed by atoms with Gasteiger partial charge in [0.25, 0.3) is 11.6 Å². The predicted octanol–water partition coefficient (Wildman–Crippen LogP) is 0.953. The number of nitrogens with two attached hydrogens (primary N) is 1. The van der Waals surface area contributed by atoms with Gasteiger partial charge in [0.1, 0.15) is 0 Å². The Bertz CT molecular complexity index is 712. The number of carbonyl (C=O) groups is 1. The van der Waals surface area contributed by atoms with E-state index in [0.717, 1.165) is 12.8 Å². The third-order valence-electron chi connectivity index (χ3n) is 3.31. The van der Waals surface area contributed by atoms with Gasteiger partial charge in [0, 0.05) is 18.7 Å². The number of nitrogens with zero attached hydrogens (tertiary/aromatic N) is 4. The van der Waals surface area contributed by atoms with Crippen LogP contribution in [0.5, 0.6) is 0 Å². The molecular formula is C14H18N6O3. The van der Waals surface area contributed by atoms with E-state index < -0.39 is 4.92 Å². The molecule has 0 atom stereocenters. The molecule has 122 valence electrons. The molecule has 2 aromatic rings. The topological polar surface area (TPSA) is 129 Å². The van der Waals surface area contributed by atoms with Crippen LogP contribution in [0.2, 0.25) is 0 Å². The fraction of sp³-hybridized carbons (Fsp3) is 0.357. The molecule has 0 unspecified atom stereocenters. The molecule has 0 saturated heterocycles. The van der Waals surface area contributed by atoms with Gasteiger partial charge in [0.15, 0.2) is 5.69 Å². The van der Waals surface area contributed by atoms with E-state index in [1.54, 1.807) is 19.1 Å². The van der Waals surface area contributed by atoms with Crippen molar-refractivity contribution < 1.29 is 9.72 Å². The molecule has 9 nitrogen and oxygen atoms in total. The highest BCUT2D eigenvalue weighted by Gasteiger charge is 2.18. The monoisotopic (exact) mass is 318 g/mol. The van der Waals surface area contributed by atoms with Crippen LogP contribution in [0.1, 0.15) is 29.0 Å². The minimum Gasteiger partial charge on any atom is -0.351 e. The molecule has 0 aliphatic carbocycles. The van der Waals surface area contributed by atoms with Gasteiger partial charge in [-0.05, 0) is 32.4 Å². The van der Waals surface area contributed by atoms with Crippen LogP contribution < -0.4 is 11.1 Å². The highest BCUT2D eigenvalue weighted by atomic mass is 16.6. The van der Waals surface area contributed by atoms with Gasteiger partial charge < -0.3 is 11.1 Å². The lowest BCUT2D eigenvalue weighted by atomic mass is 10.2. The number of nitrogens with one attached hydrogen (secondary N) is 1. The van der Waals surface area contributed by atoms with E-state index in [1.165, 1.54) is 16.8 Å². The summed E-state index contributed by atoms with van der Waals surface area (Å²) in [4.78, 5) is 22.4. The highest BCUT2D eigenvalue weighted by Crippen LogP contribution is 2.18. The van der Waals surface area contributed by atoms with Crippen LogP contribution in [0, 0.1) is 17.0 Å². The van der Waals surface area contributed by atoms with Crippen LogP contribution >= 0.6 is 0 Å². The molecule has 1 aromatic carbocycles. The number of amides is 1. The van der Waals surface area contributed by atoms with E-state index in [0.29, 0.717) is 24.5 Å². The third kappa shape index (κ3) is 3.89. The Morgan fingerprint density at radius 2 is 2.22 bits per heavy atom. The maximum absolute atomic E-state index is 12.1. The van der Waals surface area contributed by atoms with Crippen molar-refractivity contribution in [3.05, 3.63) is 45.8 Å². The van der Waals surface area contributed by atoms with Gasteiger partial charge >= 0.3 is 0 Å². The molecule has 1 aromatic heterocycles. The summed E-state index contributed by atoms with van der Waals surface area (Å²) in [7, 11) is 0. The summed E-state index contributed by atoms with van der Waals surface area (Å²) in [6.45, 7) is 2.78. The lowest BCUT2D eigenvalue weighted by molar-refractivity contribution is -0.384. The normalized spacial score (nSPS) is 10.5. The molecule has 1 heterocycles. The number of unbranched alkanes of at least 4 members (excludes halogenated alkanes) is 1. The molecule has 23 heavy (non-hydrogen) atoms. The van der Waals surface area contributed by atoms with E-state index in [2.05, 4.69) is 15.6 Å². The van der Waals surface area contributed by atoms with Crippen molar-refractivity contribution in [2.24, 2.45) is 5.73 Å². The summed E-state index contributed by atoms with van der Waals surface area (Å²) < 4.78 is 1.40. The van der Waals surface area contributed by atoms with Crippen molar-refractivity contribution in [1.82, 2.24) is 20.3 Å². The van der Waals surface area contributed by atoms with Crippen LogP contribution in [0.25, 0.3) is 5.69 Å². The second-order valence-corrected chi connectivity index (χ2v) is 4.96. The van der Waals surface area contributed by atoms with Crippen LogP contribution in [0.15, 0.2) is 24.3 Å². The lowest BCUT2D eigenvalue weighted by Crippen LogP contribution is -2.26. The quantitative estimate of drug-likeness (QED) is 0.444. The SMILES string of the molecule is Cc1c(C(=O)NCCCCN)nnn1-c1cccc([N+](=O)[O-])c1. The Balaban J connectivity index is 2.17. The molecule has 0 aliphatic heterocycles. The summed E-state index contributed by atoms with van der Waals surface area (Å²) in [6, 6.07) is 5.99. The molecule has 2 rings (SSSR count). The fourth-order valence-corrected chi connectivity index (χ4v) is 2.08. The first-order valence-electron chi connectivity index (χ1n) is 7.20. The maximum atomic E-state index is 12.1. The Kier molecular flexibility index (Phi) is 5.36. The number of nitro groups is 1. The van der Waals surface area contributed by atoms with Crippen LogP contribution in [0.3, 0.4) is 0 Å². The number of non-ortho nitro benzene ring substituents is 1. The molecule has 0 aliphatic rings. The fourth-order valence-electron chi connectivity index (χ4n) is 2.08. The van der Waals surface area contributed by atoms with Crippen molar-refractivity contribution in [2.75, 3.05) is 13.1 Å². The summed E-state index contributed by atoms with van der Waals surface area (Å²) in [5.41, 5.74) is 6.54. The number of benzene rings is 1. The minimum absolute atomic E-state index is 0.0508. The molecule has 0 bridgehead atoms. The summed E-state index contributed by atoms with van der Waals surface area (Å²) in [6.07, 6.45) is 1.62. The van der Waals surface area contributed by atoms with Crippen LogP contribution in [-0.4, -0.2) is 38.9 Å². The van der Waals surface area contributed by atoms with Crippen LogP contribution in [0.4, 0.5) is 5.69 Å². The molecular weight excluding hydrogens is 300 g/mol. The Labute approximate surface area is 132 Å². The standard InChI is InChI=1S/C14H18N6O3/c1-10-13(14(21)16-8-3-2-7-15)17-18-19(10)11-5-4-6-12(9-11)20(22)23/h4-6,9H,2-3,7-8,15H2,1H3,(H,16,21). The van der Waals surface area contributed by atoms with Gasteiger partial charge in [-0.3, -0.25) is 14.9 Å². The van der Waals surface area contributed by atoms with E-state index in [4.69, 9.17) is 5.73 Å². The van der Waals surface area contributed by atoms with Gasteiger partial charge in [-0.25, -0.2) is 4.68 Å². The lowest BCUT2D eigenvalue weighted by Gasteiger charge is -2.05. The average molecular weight is 318 g/mol. The summed E-state index contributed by atoms with van der Waals surface area (Å²) >= 11 is 0. The molecule has 3 N–H and O–H groups in total. The zero-order valence-corrected chi connectivity index (χ0v) is 12.7.